The largest absolute Gasteiger partial charge is 0.382 e. The maximum atomic E-state index is 13.0. The zero-order valence-electron chi connectivity index (χ0n) is 20.4. The lowest BCUT2D eigenvalue weighted by Crippen LogP contribution is -2.52. The summed E-state index contributed by atoms with van der Waals surface area (Å²) in [7, 11) is 0. The van der Waals surface area contributed by atoms with Crippen LogP contribution in [0, 0.1) is 5.41 Å². The first-order valence-corrected chi connectivity index (χ1v) is 12.3. The molecule has 1 aromatic carbocycles. The summed E-state index contributed by atoms with van der Waals surface area (Å²) in [5, 5.41) is 2.79. The van der Waals surface area contributed by atoms with Crippen molar-refractivity contribution in [3.8, 4) is 11.3 Å². The molecule has 0 aliphatic carbocycles. The lowest BCUT2D eigenvalue weighted by molar-refractivity contribution is -0.167. The van der Waals surface area contributed by atoms with Crippen molar-refractivity contribution < 1.29 is 14.3 Å². The van der Waals surface area contributed by atoms with Gasteiger partial charge in [-0.1, -0.05) is 18.2 Å². The fourth-order valence-corrected chi connectivity index (χ4v) is 5.05. The average Bonchev–Trinajstić information content (AvgIpc) is 3.53. The smallest absolute Gasteiger partial charge is 0.256 e. The minimum absolute atomic E-state index is 0.0695. The van der Waals surface area contributed by atoms with E-state index in [2.05, 4.69) is 15.3 Å². The molecule has 37 heavy (non-hydrogen) atoms. The second-order valence-electron chi connectivity index (χ2n) is 9.89. The first-order chi connectivity index (χ1) is 17.9. The van der Waals surface area contributed by atoms with Crippen molar-refractivity contribution in [2.24, 2.45) is 5.41 Å². The zero-order valence-corrected chi connectivity index (χ0v) is 20.4. The van der Waals surface area contributed by atoms with Gasteiger partial charge in [-0.05, 0) is 37.6 Å². The van der Waals surface area contributed by atoms with Crippen molar-refractivity contribution in [1.29, 1.82) is 0 Å². The van der Waals surface area contributed by atoms with Crippen molar-refractivity contribution in [2.75, 3.05) is 37.4 Å². The van der Waals surface area contributed by atoms with E-state index in [9.17, 15) is 9.59 Å². The Bertz CT molecular complexity index is 1480. The summed E-state index contributed by atoms with van der Waals surface area (Å²) in [6.45, 7) is 4.19. The molecule has 5 heterocycles. The Morgan fingerprint density at radius 2 is 1.92 bits per heavy atom. The molecule has 10 heteroatoms. The molecule has 0 spiro atoms. The Kier molecular flexibility index (Phi) is 5.60. The van der Waals surface area contributed by atoms with Gasteiger partial charge in [0.25, 0.3) is 5.91 Å². The number of amides is 2. The van der Waals surface area contributed by atoms with E-state index in [0.717, 1.165) is 17.8 Å². The molecule has 1 atom stereocenters. The molecule has 2 amide bonds. The number of aromatic nitrogens is 4. The maximum absolute atomic E-state index is 13.0. The van der Waals surface area contributed by atoms with Gasteiger partial charge in [0.1, 0.15) is 28.7 Å². The van der Waals surface area contributed by atoms with Crippen LogP contribution in [0.25, 0.3) is 16.8 Å². The van der Waals surface area contributed by atoms with Crippen LogP contribution in [0.5, 0.6) is 0 Å². The number of likely N-dealkylation sites (tertiary alicyclic amines) is 1. The van der Waals surface area contributed by atoms with E-state index in [1.165, 1.54) is 0 Å². The highest BCUT2D eigenvalue weighted by atomic mass is 16.5. The SMILES string of the molecule is CC1(C(=O)N2CCC(c3nc(-c4ccc(C(=O)Nc5ccccn5)cc4)c4c(N)nccn34)C2)COC1. The van der Waals surface area contributed by atoms with E-state index >= 15 is 0 Å². The first kappa shape index (κ1) is 23.1. The number of hydrogen-bond acceptors (Lipinski definition) is 7. The summed E-state index contributed by atoms with van der Waals surface area (Å²) >= 11 is 0. The normalized spacial score (nSPS) is 18.5. The molecule has 1 unspecified atom stereocenters. The minimum atomic E-state index is -0.423. The number of benzene rings is 1. The van der Waals surface area contributed by atoms with Crippen LogP contribution >= 0.6 is 0 Å². The molecule has 4 aromatic rings. The molecule has 0 saturated carbocycles. The predicted molar refractivity (Wildman–Crippen MR) is 138 cm³/mol. The Morgan fingerprint density at radius 3 is 2.62 bits per heavy atom. The molecule has 2 fully saturated rings. The van der Waals surface area contributed by atoms with Crippen LogP contribution < -0.4 is 11.1 Å². The van der Waals surface area contributed by atoms with Crippen LogP contribution in [0.4, 0.5) is 11.6 Å². The van der Waals surface area contributed by atoms with Gasteiger partial charge in [-0.2, -0.15) is 0 Å². The highest BCUT2D eigenvalue weighted by Crippen LogP contribution is 2.36. The number of ether oxygens (including phenoxy) is 1. The Balaban J connectivity index is 1.28. The van der Waals surface area contributed by atoms with Crippen molar-refractivity contribution in [3.05, 3.63) is 72.4 Å². The summed E-state index contributed by atoms with van der Waals surface area (Å²) in [6.07, 6.45) is 5.96. The summed E-state index contributed by atoms with van der Waals surface area (Å²) in [5.41, 5.74) is 8.62. The summed E-state index contributed by atoms with van der Waals surface area (Å²) in [6, 6.07) is 12.6. The number of anilines is 2. The molecule has 3 N–H and O–H groups in total. The number of nitrogens with zero attached hydrogens (tertiary/aromatic N) is 5. The van der Waals surface area contributed by atoms with E-state index in [1.807, 2.05) is 40.6 Å². The van der Waals surface area contributed by atoms with Crippen LogP contribution in [0.3, 0.4) is 0 Å². The van der Waals surface area contributed by atoms with E-state index in [4.69, 9.17) is 15.5 Å². The molecule has 0 radical (unpaired) electrons. The lowest BCUT2D eigenvalue weighted by atomic mass is 9.87. The molecular formula is C27H27N7O3. The van der Waals surface area contributed by atoms with E-state index in [1.54, 1.807) is 36.7 Å². The average molecular weight is 498 g/mol. The van der Waals surface area contributed by atoms with Gasteiger partial charge in [-0.25, -0.2) is 15.0 Å². The van der Waals surface area contributed by atoms with E-state index in [-0.39, 0.29) is 17.7 Å². The van der Waals surface area contributed by atoms with Crippen molar-refractivity contribution in [2.45, 2.75) is 19.3 Å². The fourth-order valence-electron chi connectivity index (χ4n) is 5.05. The van der Waals surface area contributed by atoms with E-state index < -0.39 is 5.41 Å². The van der Waals surface area contributed by atoms with E-state index in [0.29, 0.717) is 54.7 Å². The number of fused-ring (bicyclic) bond motifs is 1. The van der Waals surface area contributed by atoms with Crippen molar-refractivity contribution >= 4 is 29.0 Å². The van der Waals surface area contributed by atoms with Crippen molar-refractivity contribution in [3.63, 3.8) is 0 Å². The molecule has 6 rings (SSSR count). The minimum Gasteiger partial charge on any atom is -0.382 e. The predicted octanol–water partition coefficient (Wildman–Crippen LogP) is 2.98. The molecule has 0 bridgehead atoms. The number of nitrogens with one attached hydrogen (secondary N) is 1. The third-order valence-electron chi connectivity index (χ3n) is 7.14. The Morgan fingerprint density at radius 1 is 1.11 bits per heavy atom. The van der Waals surface area contributed by atoms with Gasteiger partial charge in [0.15, 0.2) is 0 Å². The third kappa shape index (κ3) is 4.09. The van der Waals surface area contributed by atoms with Crippen LogP contribution in [0.15, 0.2) is 61.1 Å². The monoisotopic (exact) mass is 497 g/mol. The quantitative estimate of drug-likeness (QED) is 0.434. The first-order valence-electron chi connectivity index (χ1n) is 12.3. The highest BCUT2D eigenvalue weighted by Gasteiger charge is 2.45. The molecule has 10 nitrogen and oxygen atoms in total. The lowest BCUT2D eigenvalue weighted by Gasteiger charge is -2.39. The van der Waals surface area contributed by atoms with Crippen molar-refractivity contribution in [1.82, 2.24) is 24.3 Å². The number of imidazole rings is 1. The second-order valence-corrected chi connectivity index (χ2v) is 9.89. The Labute approximate surface area is 213 Å². The fraction of sp³-hybridized carbons (Fsp3) is 0.296. The summed E-state index contributed by atoms with van der Waals surface area (Å²) in [5.74, 6) is 1.67. The molecule has 188 valence electrons. The number of rotatable bonds is 5. The number of hydrogen-bond donors (Lipinski definition) is 2. The van der Waals surface area contributed by atoms with Crippen LogP contribution in [-0.4, -0.2) is 62.4 Å². The standard InChI is InChI=1S/C27H27N7O3/c1-27(15-37-16-27)26(36)33-12-9-19(14-33)24-32-21(22-23(28)30-11-13-34(22)24)17-5-7-18(8-6-17)25(35)31-20-4-2-3-10-29-20/h2-8,10-11,13,19H,9,12,14-16H2,1H3,(H2,28,30)(H,29,31,35). The third-order valence-corrected chi connectivity index (χ3v) is 7.14. The molecule has 3 aromatic heterocycles. The van der Waals surface area contributed by atoms with Gasteiger partial charge in [0, 0.05) is 48.7 Å². The number of carbonyl (C=O) groups excluding carboxylic acids is 2. The maximum Gasteiger partial charge on any atom is 0.256 e. The van der Waals surface area contributed by atoms with Gasteiger partial charge in [-0.3, -0.25) is 14.0 Å². The molecular weight excluding hydrogens is 470 g/mol. The number of nitrogens with two attached hydrogens (primary N) is 1. The summed E-state index contributed by atoms with van der Waals surface area (Å²) < 4.78 is 7.27. The molecule has 2 aliphatic rings. The van der Waals surface area contributed by atoms with Gasteiger partial charge in [0.05, 0.1) is 18.6 Å². The molecule has 2 aliphatic heterocycles. The van der Waals surface area contributed by atoms with Crippen LogP contribution in [0.1, 0.15) is 35.4 Å². The number of pyridine rings is 1. The second kappa shape index (κ2) is 8.97. The number of nitrogen functional groups attached to an aromatic ring is 1. The topological polar surface area (TPSA) is 128 Å². The number of carbonyl (C=O) groups is 2. The van der Waals surface area contributed by atoms with Gasteiger partial charge >= 0.3 is 0 Å². The van der Waals surface area contributed by atoms with Gasteiger partial charge in [-0.15, -0.1) is 0 Å². The van der Waals surface area contributed by atoms with Crippen LogP contribution in [0.2, 0.25) is 0 Å². The molecule has 2 saturated heterocycles. The zero-order chi connectivity index (χ0) is 25.6. The highest BCUT2D eigenvalue weighted by molar-refractivity contribution is 6.04. The van der Waals surface area contributed by atoms with Gasteiger partial charge < -0.3 is 20.7 Å². The van der Waals surface area contributed by atoms with Crippen LogP contribution in [-0.2, 0) is 9.53 Å². The van der Waals surface area contributed by atoms with Gasteiger partial charge in [0.2, 0.25) is 5.91 Å². The summed E-state index contributed by atoms with van der Waals surface area (Å²) in [4.78, 5) is 41.0. The Hall–Kier alpha value is -4.31.